The Morgan fingerprint density at radius 1 is 0.731 bits per heavy atom. The maximum Gasteiger partial charge on any atom is 0.118 e. The van der Waals surface area contributed by atoms with Gasteiger partial charge in [0.05, 0.1) is 7.11 Å². The van der Waals surface area contributed by atoms with Gasteiger partial charge in [0, 0.05) is 0 Å². The Balaban J connectivity index is 1.66. The fraction of sp³-hybridized carbons (Fsp3) is 0.280. The first kappa shape index (κ1) is 18.3. The van der Waals surface area contributed by atoms with Gasteiger partial charge >= 0.3 is 0 Å². The van der Waals surface area contributed by atoms with Crippen LogP contribution in [-0.4, -0.2) is 7.11 Å². The molecule has 134 valence electrons. The summed E-state index contributed by atoms with van der Waals surface area (Å²) in [6, 6.07) is 26.4. The summed E-state index contributed by atoms with van der Waals surface area (Å²) in [6.07, 6.45) is 3.39. The lowest BCUT2D eigenvalue weighted by atomic mass is 9.92. The molecule has 0 saturated heterocycles. The summed E-state index contributed by atoms with van der Waals surface area (Å²) in [5.74, 6) is 1.40. The molecule has 0 heterocycles. The third-order valence-electron chi connectivity index (χ3n) is 5.01. The summed E-state index contributed by atoms with van der Waals surface area (Å²) in [5, 5.41) is 0. The molecule has 0 unspecified atom stereocenters. The fourth-order valence-corrected chi connectivity index (χ4v) is 3.39. The topological polar surface area (TPSA) is 9.23 Å². The fourth-order valence-electron chi connectivity index (χ4n) is 3.39. The molecular weight excluding hydrogens is 316 g/mol. The summed E-state index contributed by atoms with van der Waals surface area (Å²) < 4.78 is 5.24. The van der Waals surface area contributed by atoms with E-state index in [1.807, 2.05) is 12.1 Å². The molecule has 3 aromatic rings. The summed E-state index contributed by atoms with van der Waals surface area (Å²) >= 11 is 0. The molecule has 0 saturated carbocycles. The Kier molecular flexibility index (Phi) is 6.12. The van der Waals surface area contributed by atoms with Crippen LogP contribution in [0, 0.1) is 0 Å². The van der Waals surface area contributed by atoms with Crippen LogP contribution in [0.4, 0.5) is 0 Å². The molecule has 0 aromatic heterocycles. The summed E-state index contributed by atoms with van der Waals surface area (Å²) in [4.78, 5) is 0. The van der Waals surface area contributed by atoms with E-state index < -0.39 is 0 Å². The molecule has 1 nitrogen and oxygen atoms in total. The van der Waals surface area contributed by atoms with Crippen LogP contribution in [-0.2, 0) is 12.8 Å². The van der Waals surface area contributed by atoms with Crippen molar-refractivity contribution < 1.29 is 4.74 Å². The Morgan fingerprint density at radius 2 is 1.27 bits per heavy atom. The molecule has 0 bridgehead atoms. The van der Waals surface area contributed by atoms with Gasteiger partial charge in [-0.1, -0.05) is 80.9 Å². The second kappa shape index (κ2) is 8.71. The molecule has 0 aliphatic rings. The Hall–Kier alpha value is -2.54. The van der Waals surface area contributed by atoms with Crippen molar-refractivity contribution in [2.45, 2.75) is 39.0 Å². The highest BCUT2D eigenvalue weighted by atomic mass is 16.5. The minimum Gasteiger partial charge on any atom is -0.497 e. The van der Waals surface area contributed by atoms with Crippen molar-refractivity contribution in [1.82, 2.24) is 0 Å². The average Bonchev–Trinajstić information content (AvgIpc) is 2.69. The molecule has 3 aromatic carbocycles. The van der Waals surface area contributed by atoms with Gasteiger partial charge in [0.1, 0.15) is 5.75 Å². The highest BCUT2D eigenvalue weighted by Crippen LogP contribution is 2.25. The minimum atomic E-state index is 0.486. The zero-order valence-electron chi connectivity index (χ0n) is 16.0. The zero-order chi connectivity index (χ0) is 18.4. The maximum atomic E-state index is 5.24. The van der Waals surface area contributed by atoms with Crippen molar-refractivity contribution in [2.75, 3.05) is 7.11 Å². The smallest absolute Gasteiger partial charge is 0.118 e. The van der Waals surface area contributed by atoms with Gasteiger partial charge in [-0.3, -0.25) is 0 Å². The van der Waals surface area contributed by atoms with Gasteiger partial charge in [0.15, 0.2) is 0 Å². The van der Waals surface area contributed by atoms with Crippen LogP contribution in [0.1, 0.15) is 42.9 Å². The van der Waals surface area contributed by atoms with Crippen LogP contribution < -0.4 is 4.74 Å². The quantitative estimate of drug-likeness (QED) is 0.465. The highest BCUT2D eigenvalue weighted by Gasteiger charge is 2.07. The van der Waals surface area contributed by atoms with Gasteiger partial charge in [-0.05, 0) is 58.7 Å². The SMILES string of the molecule is CCCc1ccc(-c2ccc(C[C@@H](C)c3ccc(OC)cc3)cc2)cc1. The van der Waals surface area contributed by atoms with Crippen LogP contribution in [0.2, 0.25) is 0 Å². The van der Waals surface area contributed by atoms with Crippen molar-refractivity contribution in [3.05, 3.63) is 89.5 Å². The van der Waals surface area contributed by atoms with E-state index in [4.69, 9.17) is 4.74 Å². The summed E-state index contributed by atoms with van der Waals surface area (Å²) in [6.45, 7) is 4.50. The molecule has 0 aliphatic carbocycles. The monoisotopic (exact) mass is 344 g/mol. The summed E-state index contributed by atoms with van der Waals surface area (Å²) in [5.41, 5.74) is 6.72. The molecule has 0 spiro atoms. The van der Waals surface area contributed by atoms with Crippen molar-refractivity contribution >= 4 is 0 Å². The van der Waals surface area contributed by atoms with Gasteiger partial charge in [-0.2, -0.15) is 0 Å². The van der Waals surface area contributed by atoms with E-state index in [9.17, 15) is 0 Å². The van der Waals surface area contributed by atoms with Crippen LogP contribution in [0.3, 0.4) is 0 Å². The standard InChI is InChI=1S/C25H28O/c1-4-5-20-6-10-23(11-7-20)24-12-8-21(9-13-24)18-19(2)22-14-16-25(26-3)17-15-22/h6-17,19H,4-5,18H2,1-3H3/t19-/m1/s1. The van der Waals surface area contributed by atoms with Gasteiger partial charge in [-0.15, -0.1) is 0 Å². The molecule has 0 aliphatic heterocycles. The van der Waals surface area contributed by atoms with Crippen molar-refractivity contribution in [2.24, 2.45) is 0 Å². The Morgan fingerprint density at radius 3 is 1.77 bits per heavy atom. The number of benzene rings is 3. The second-order valence-electron chi connectivity index (χ2n) is 7.02. The van der Waals surface area contributed by atoms with E-state index in [1.165, 1.54) is 34.2 Å². The molecule has 0 radical (unpaired) electrons. The molecule has 26 heavy (non-hydrogen) atoms. The number of aryl methyl sites for hydroxylation is 1. The number of methoxy groups -OCH3 is 1. The third kappa shape index (κ3) is 4.54. The van der Waals surface area contributed by atoms with E-state index in [1.54, 1.807) is 7.11 Å². The first-order chi connectivity index (χ1) is 12.7. The van der Waals surface area contributed by atoms with Gasteiger partial charge < -0.3 is 4.74 Å². The van der Waals surface area contributed by atoms with Gasteiger partial charge in [0.25, 0.3) is 0 Å². The van der Waals surface area contributed by atoms with E-state index in [-0.39, 0.29) is 0 Å². The first-order valence-electron chi connectivity index (χ1n) is 9.51. The van der Waals surface area contributed by atoms with Gasteiger partial charge in [0.2, 0.25) is 0 Å². The number of hydrogen-bond donors (Lipinski definition) is 0. The highest BCUT2D eigenvalue weighted by molar-refractivity contribution is 5.64. The number of ether oxygens (including phenoxy) is 1. The molecule has 1 heteroatoms. The molecule has 0 N–H and O–H groups in total. The largest absolute Gasteiger partial charge is 0.497 e. The lowest BCUT2D eigenvalue weighted by molar-refractivity contribution is 0.414. The lowest BCUT2D eigenvalue weighted by Gasteiger charge is -2.13. The van der Waals surface area contributed by atoms with Crippen LogP contribution in [0.5, 0.6) is 5.75 Å². The van der Waals surface area contributed by atoms with Crippen molar-refractivity contribution in [3.63, 3.8) is 0 Å². The van der Waals surface area contributed by atoms with Crippen LogP contribution >= 0.6 is 0 Å². The zero-order valence-corrected chi connectivity index (χ0v) is 16.0. The molecular formula is C25H28O. The maximum absolute atomic E-state index is 5.24. The molecule has 3 rings (SSSR count). The number of rotatable bonds is 7. The van der Waals surface area contributed by atoms with E-state index in [0.29, 0.717) is 5.92 Å². The Bertz CT molecular complexity index is 798. The normalized spacial score (nSPS) is 12.0. The lowest BCUT2D eigenvalue weighted by Crippen LogP contribution is -1.98. The van der Waals surface area contributed by atoms with E-state index in [0.717, 1.165) is 18.6 Å². The van der Waals surface area contributed by atoms with E-state index >= 15 is 0 Å². The Labute approximate surface area is 157 Å². The van der Waals surface area contributed by atoms with Crippen molar-refractivity contribution in [3.8, 4) is 16.9 Å². The predicted octanol–water partition coefficient (Wildman–Crippen LogP) is 6.66. The van der Waals surface area contributed by atoms with Crippen molar-refractivity contribution in [1.29, 1.82) is 0 Å². The minimum absolute atomic E-state index is 0.486. The van der Waals surface area contributed by atoms with Gasteiger partial charge in [-0.25, -0.2) is 0 Å². The predicted molar refractivity (Wildman–Crippen MR) is 111 cm³/mol. The molecule has 0 amide bonds. The first-order valence-corrected chi connectivity index (χ1v) is 9.51. The second-order valence-corrected chi connectivity index (χ2v) is 7.02. The van der Waals surface area contributed by atoms with E-state index in [2.05, 4.69) is 74.5 Å². The van der Waals surface area contributed by atoms with Crippen LogP contribution in [0.15, 0.2) is 72.8 Å². The molecule has 0 fully saturated rings. The summed E-state index contributed by atoms with van der Waals surface area (Å²) in [7, 11) is 1.71. The third-order valence-corrected chi connectivity index (χ3v) is 5.01. The molecule has 1 atom stereocenters. The average molecular weight is 344 g/mol. The number of hydrogen-bond acceptors (Lipinski definition) is 1. The van der Waals surface area contributed by atoms with Crippen LogP contribution in [0.25, 0.3) is 11.1 Å².